The van der Waals surface area contributed by atoms with Gasteiger partial charge in [0.05, 0.1) is 12.1 Å². The van der Waals surface area contributed by atoms with Crippen LogP contribution >= 0.6 is 0 Å². The lowest BCUT2D eigenvalue weighted by molar-refractivity contribution is -0.0389. The monoisotopic (exact) mass is 339 g/mol. The highest BCUT2D eigenvalue weighted by molar-refractivity contribution is 5.94. The number of alkyl halides is 2. The first kappa shape index (κ1) is 16.5. The Bertz CT molecular complexity index is 723. The summed E-state index contributed by atoms with van der Waals surface area (Å²) >= 11 is 0. The van der Waals surface area contributed by atoms with Crippen LogP contribution in [0.3, 0.4) is 0 Å². The number of nitrogens with one attached hydrogen (secondary N) is 1. The summed E-state index contributed by atoms with van der Waals surface area (Å²) in [7, 11) is 0. The van der Waals surface area contributed by atoms with Crippen LogP contribution in [0.4, 0.5) is 13.2 Å². The van der Waals surface area contributed by atoms with Crippen LogP contribution in [-0.2, 0) is 6.54 Å². The third kappa shape index (κ3) is 3.74. The normalized spacial score (nSPS) is 17.6. The fourth-order valence-corrected chi connectivity index (χ4v) is 2.70. The van der Waals surface area contributed by atoms with E-state index in [9.17, 15) is 18.0 Å². The van der Waals surface area contributed by atoms with E-state index in [1.165, 1.54) is 18.2 Å². The summed E-state index contributed by atoms with van der Waals surface area (Å²) < 4.78 is 44.9. The quantitative estimate of drug-likeness (QED) is 0.927. The SMILES string of the molecule is O=C(NCc1nc(C2CCC(F)(F)CC2)no1)c1ccccc1F. The summed E-state index contributed by atoms with van der Waals surface area (Å²) in [6, 6.07) is 5.61. The highest BCUT2D eigenvalue weighted by Gasteiger charge is 2.36. The van der Waals surface area contributed by atoms with E-state index in [4.69, 9.17) is 4.52 Å². The van der Waals surface area contributed by atoms with E-state index in [1.54, 1.807) is 6.07 Å². The molecule has 0 saturated heterocycles. The van der Waals surface area contributed by atoms with Crippen molar-refractivity contribution >= 4 is 5.91 Å². The van der Waals surface area contributed by atoms with Gasteiger partial charge < -0.3 is 9.84 Å². The second-order valence-electron chi connectivity index (χ2n) is 5.84. The molecule has 1 aliphatic rings. The fourth-order valence-electron chi connectivity index (χ4n) is 2.70. The predicted octanol–water partition coefficient (Wildman–Crippen LogP) is 3.43. The summed E-state index contributed by atoms with van der Waals surface area (Å²) in [5.41, 5.74) is -0.0771. The smallest absolute Gasteiger partial charge is 0.254 e. The van der Waals surface area contributed by atoms with Gasteiger partial charge in [-0.25, -0.2) is 13.2 Å². The van der Waals surface area contributed by atoms with Crippen molar-refractivity contribution in [3.63, 3.8) is 0 Å². The summed E-state index contributed by atoms with van der Waals surface area (Å²) in [5, 5.41) is 6.29. The van der Waals surface area contributed by atoms with Gasteiger partial charge in [-0.2, -0.15) is 4.98 Å². The topological polar surface area (TPSA) is 68.0 Å². The van der Waals surface area contributed by atoms with Crippen molar-refractivity contribution in [2.75, 3.05) is 0 Å². The number of benzene rings is 1. The lowest BCUT2D eigenvalue weighted by Gasteiger charge is -2.26. The molecule has 0 aliphatic heterocycles. The van der Waals surface area contributed by atoms with Crippen LogP contribution in [0.1, 0.15) is 53.7 Å². The lowest BCUT2D eigenvalue weighted by atomic mass is 9.86. The highest BCUT2D eigenvalue weighted by Crippen LogP contribution is 2.39. The molecule has 1 N–H and O–H groups in total. The van der Waals surface area contributed by atoms with Crippen LogP contribution in [0.25, 0.3) is 0 Å². The van der Waals surface area contributed by atoms with Gasteiger partial charge in [-0.3, -0.25) is 4.79 Å². The van der Waals surface area contributed by atoms with E-state index in [0.29, 0.717) is 18.7 Å². The van der Waals surface area contributed by atoms with Gasteiger partial charge in [0, 0.05) is 18.8 Å². The number of hydrogen-bond donors (Lipinski definition) is 1. The number of hydrogen-bond acceptors (Lipinski definition) is 4. The van der Waals surface area contributed by atoms with Gasteiger partial charge in [-0.05, 0) is 25.0 Å². The summed E-state index contributed by atoms with van der Waals surface area (Å²) in [4.78, 5) is 16.0. The van der Waals surface area contributed by atoms with E-state index >= 15 is 0 Å². The minimum absolute atomic E-state index is 0.0525. The largest absolute Gasteiger partial charge is 0.343 e. The molecule has 1 aliphatic carbocycles. The number of rotatable bonds is 4. The number of nitrogens with zero attached hydrogens (tertiary/aromatic N) is 2. The van der Waals surface area contributed by atoms with Gasteiger partial charge in [0.15, 0.2) is 5.82 Å². The second-order valence-corrected chi connectivity index (χ2v) is 5.84. The molecule has 1 saturated carbocycles. The van der Waals surface area contributed by atoms with Gasteiger partial charge in [0.25, 0.3) is 5.91 Å². The van der Waals surface area contributed by atoms with Crippen molar-refractivity contribution in [3.8, 4) is 0 Å². The highest BCUT2D eigenvalue weighted by atomic mass is 19.3. The average molecular weight is 339 g/mol. The molecule has 1 amide bonds. The van der Waals surface area contributed by atoms with E-state index in [-0.39, 0.29) is 36.8 Å². The molecule has 1 heterocycles. The van der Waals surface area contributed by atoms with Crippen molar-refractivity contribution in [1.82, 2.24) is 15.5 Å². The van der Waals surface area contributed by atoms with E-state index in [0.717, 1.165) is 0 Å². The maximum atomic E-state index is 13.5. The zero-order chi connectivity index (χ0) is 17.2. The molecule has 1 aromatic carbocycles. The summed E-state index contributed by atoms with van der Waals surface area (Å²) in [5.74, 6) is -3.46. The van der Waals surface area contributed by atoms with Crippen molar-refractivity contribution in [3.05, 3.63) is 47.4 Å². The van der Waals surface area contributed by atoms with Gasteiger partial charge in [0.1, 0.15) is 5.82 Å². The minimum Gasteiger partial charge on any atom is -0.343 e. The Kier molecular flexibility index (Phi) is 4.55. The molecule has 2 aromatic rings. The van der Waals surface area contributed by atoms with Crippen molar-refractivity contribution in [2.45, 2.75) is 44.1 Å². The molecule has 5 nitrogen and oxygen atoms in total. The Morgan fingerprint density at radius 3 is 2.71 bits per heavy atom. The Balaban J connectivity index is 1.57. The van der Waals surface area contributed by atoms with E-state index in [1.807, 2.05) is 0 Å². The van der Waals surface area contributed by atoms with Crippen molar-refractivity contribution in [1.29, 1.82) is 0 Å². The van der Waals surface area contributed by atoms with Gasteiger partial charge in [-0.1, -0.05) is 17.3 Å². The zero-order valence-electron chi connectivity index (χ0n) is 12.8. The number of carbonyl (C=O) groups excluding carboxylic acids is 1. The maximum Gasteiger partial charge on any atom is 0.254 e. The number of halogens is 3. The Morgan fingerprint density at radius 2 is 2.00 bits per heavy atom. The van der Waals surface area contributed by atoms with Crippen LogP contribution in [-0.4, -0.2) is 22.0 Å². The third-order valence-electron chi connectivity index (χ3n) is 4.08. The van der Waals surface area contributed by atoms with Crippen molar-refractivity contribution in [2.24, 2.45) is 0 Å². The lowest BCUT2D eigenvalue weighted by Crippen LogP contribution is -2.24. The Labute approximate surface area is 136 Å². The molecule has 24 heavy (non-hydrogen) atoms. The molecule has 1 fully saturated rings. The van der Waals surface area contributed by atoms with Crippen LogP contribution < -0.4 is 5.32 Å². The molecular formula is C16H16F3N3O2. The van der Waals surface area contributed by atoms with Gasteiger partial charge >= 0.3 is 0 Å². The summed E-state index contributed by atoms with van der Waals surface area (Å²) in [6.07, 6.45) is 0.220. The van der Waals surface area contributed by atoms with Gasteiger partial charge in [0.2, 0.25) is 11.8 Å². The first-order chi connectivity index (χ1) is 11.4. The molecule has 0 radical (unpaired) electrons. The van der Waals surface area contributed by atoms with Crippen LogP contribution in [0.2, 0.25) is 0 Å². The van der Waals surface area contributed by atoms with Crippen LogP contribution in [0.15, 0.2) is 28.8 Å². The molecule has 0 unspecified atom stereocenters. The number of carbonyl (C=O) groups is 1. The van der Waals surface area contributed by atoms with E-state index < -0.39 is 17.6 Å². The first-order valence-corrected chi connectivity index (χ1v) is 7.68. The van der Waals surface area contributed by atoms with E-state index in [2.05, 4.69) is 15.5 Å². The number of aromatic nitrogens is 2. The third-order valence-corrected chi connectivity index (χ3v) is 4.08. The molecular weight excluding hydrogens is 323 g/mol. The molecule has 0 bridgehead atoms. The predicted molar refractivity (Wildman–Crippen MR) is 78.0 cm³/mol. The van der Waals surface area contributed by atoms with Crippen molar-refractivity contribution < 1.29 is 22.5 Å². The van der Waals surface area contributed by atoms with Crippen LogP contribution in [0.5, 0.6) is 0 Å². The van der Waals surface area contributed by atoms with Crippen LogP contribution in [0, 0.1) is 5.82 Å². The molecule has 0 atom stereocenters. The first-order valence-electron chi connectivity index (χ1n) is 7.68. The molecule has 3 rings (SSSR count). The second kappa shape index (κ2) is 6.62. The average Bonchev–Trinajstić information content (AvgIpc) is 3.02. The molecule has 128 valence electrons. The fraction of sp³-hybridized carbons (Fsp3) is 0.438. The Morgan fingerprint density at radius 1 is 1.29 bits per heavy atom. The number of amides is 1. The maximum absolute atomic E-state index is 13.5. The summed E-state index contributed by atoms with van der Waals surface area (Å²) in [6.45, 7) is -0.0525. The van der Waals surface area contributed by atoms with Gasteiger partial charge in [-0.15, -0.1) is 0 Å². The molecule has 8 heteroatoms. The molecule has 0 spiro atoms. The molecule has 1 aromatic heterocycles. The standard InChI is InChI=1S/C16H16F3N3O2/c17-12-4-2-1-3-11(12)15(23)20-9-13-21-14(22-24-13)10-5-7-16(18,19)8-6-10/h1-4,10H,5-9H2,(H,20,23). The zero-order valence-corrected chi connectivity index (χ0v) is 12.8. The Hall–Kier alpha value is -2.38. The minimum atomic E-state index is -2.61.